The first-order chi connectivity index (χ1) is 8.63. The molecular weight excluding hydrogens is 220 g/mol. The summed E-state index contributed by atoms with van der Waals surface area (Å²) in [6, 6.07) is 11.2. The van der Waals surface area contributed by atoms with Crippen molar-refractivity contribution in [1.82, 2.24) is 10.2 Å². The van der Waals surface area contributed by atoms with Gasteiger partial charge in [0.25, 0.3) is 0 Å². The van der Waals surface area contributed by atoms with E-state index < -0.39 is 0 Å². The standard InChI is InChI=1S/C16H28N2/c1-5-17-16(15-9-7-6-8-10-15)11-12-18(4)13-14(2)3/h6-10,14,16-17H,5,11-13H2,1-4H3. The Morgan fingerprint density at radius 3 is 2.39 bits per heavy atom. The Morgan fingerprint density at radius 2 is 1.83 bits per heavy atom. The molecule has 2 heteroatoms. The van der Waals surface area contributed by atoms with Crippen LogP contribution in [0, 0.1) is 5.92 Å². The van der Waals surface area contributed by atoms with Gasteiger partial charge in [0.05, 0.1) is 0 Å². The summed E-state index contributed by atoms with van der Waals surface area (Å²) in [6.45, 7) is 10.1. The van der Waals surface area contributed by atoms with E-state index in [-0.39, 0.29) is 0 Å². The molecule has 18 heavy (non-hydrogen) atoms. The molecule has 0 amide bonds. The third-order valence-electron chi connectivity index (χ3n) is 3.13. The van der Waals surface area contributed by atoms with Crippen LogP contribution < -0.4 is 5.32 Å². The first-order valence-electron chi connectivity index (χ1n) is 7.10. The maximum atomic E-state index is 3.58. The van der Waals surface area contributed by atoms with Crippen LogP contribution >= 0.6 is 0 Å². The summed E-state index contributed by atoms with van der Waals surface area (Å²) < 4.78 is 0. The Balaban J connectivity index is 2.48. The van der Waals surface area contributed by atoms with E-state index in [0.717, 1.165) is 19.0 Å². The van der Waals surface area contributed by atoms with Crippen LogP contribution in [0.15, 0.2) is 30.3 Å². The van der Waals surface area contributed by atoms with Gasteiger partial charge in [0.15, 0.2) is 0 Å². The van der Waals surface area contributed by atoms with Gasteiger partial charge in [0.2, 0.25) is 0 Å². The van der Waals surface area contributed by atoms with Crippen LogP contribution in [0.4, 0.5) is 0 Å². The van der Waals surface area contributed by atoms with Gasteiger partial charge in [-0.3, -0.25) is 0 Å². The van der Waals surface area contributed by atoms with Crippen molar-refractivity contribution in [3.05, 3.63) is 35.9 Å². The van der Waals surface area contributed by atoms with Gasteiger partial charge in [-0.1, -0.05) is 51.1 Å². The van der Waals surface area contributed by atoms with Gasteiger partial charge < -0.3 is 10.2 Å². The van der Waals surface area contributed by atoms with E-state index in [9.17, 15) is 0 Å². The maximum Gasteiger partial charge on any atom is 0.0332 e. The maximum absolute atomic E-state index is 3.58. The minimum absolute atomic E-state index is 0.478. The van der Waals surface area contributed by atoms with Crippen LogP contribution in [0.3, 0.4) is 0 Å². The Labute approximate surface area is 112 Å². The topological polar surface area (TPSA) is 15.3 Å². The fourth-order valence-electron chi connectivity index (χ4n) is 2.38. The highest BCUT2D eigenvalue weighted by Gasteiger charge is 2.11. The Hall–Kier alpha value is -0.860. The van der Waals surface area contributed by atoms with E-state index in [1.54, 1.807) is 0 Å². The highest BCUT2D eigenvalue weighted by atomic mass is 15.1. The van der Waals surface area contributed by atoms with Crippen LogP contribution in [-0.4, -0.2) is 31.6 Å². The Bertz CT molecular complexity index is 308. The molecule has 0 aliphatic rings. The zero-order chi connectivity index (χ0) is 13.4. The predicted molar refractivity (Wildman–Crippen MR) is 79.8 cm³/mol. The molecule has 0 aliphatic heterocycles. The second-order valence-electron chi connectivity index (χ2n) is 5.47. The lowest BCUT2D eigenvalue weighted by Gasteiger charge is -2.23. The minimum atomic E-state index is 0.478. The van der Waals surface area contributed by atoms with Gasteiger partial charge in [-0.15, -0.1) is 0 Å². The molecule has 102 valence electrons. The van der Waals surface area contributed by atoms with Crippen molar-refractivity contribution >= 4 is 0 Å². The molecule has 1 unspecified atom stereocenters. The van der Waals surface area contributed by atoms with Gasteiger partial charge in [-0.25, -0.2) is 0 Å². The zero-order valence-corrected chi connectivity index (χ0v) is 12.3. The molecule has 1 N–H and O–H groups in total. The van der Waals surface area contributed by atoms with Crippen molar-refractivity contribution in [1.29, 1.82) is 0 Å². The minimum Gasteiger partial charge on any atom is -0.310 e. The molecule has 0 fully saturated rings. The summed E-state index contributed by atoms with van der Waals surface area (Å²) in [5.74, 6) is 0.740. The molecule has 0 bridgehead atoms. The lowest BCUT2D eigenvalue weighted by Crippen LogP contribution is -2.29. The molecule has 0 spiro atoms. The number of hydrogen-bond donors (Lipinski definition) is 1. The lowest BCUT2D eigenvalue weighted by atomic mass is 10.0. The number of nitrogens with one attached hydrogen (secondary N) is 1. The SMILES string of the molecule is CCNC(CCN(C)CC(C)C)c1ccccc1. The molecule has 0 heterocycles. The van der Waals surface area contributed by atoms with Gasteiger partial charge >= 0.3 is 0 Å². The number of benzene rings is 1. The van der Waals surface area contributed by atoms with E-state index in [4.69, 9.17) is 0 Å². The molecule has 2 nitrogen and oxygen atoms in total. The molecule has 1 atom stereocenters. The largest absolute Gasteiger partial charge is 0.310 e. The molecule has 0 aromatic heterocycles. The van der Waals surface area contributed by atoms with Crippen LogP contribution in [-0.2, 0) is 0 Å². The molecule has 0 radical (unpaired) electrons. The van der Waals surface area contributed by atoms with Gasteiger partial charge in [-0.2, -0.15) is 0 Å². The molecule has 0 saturated heterocycles. The summed E-state index contributed by atoms with van der Waals surface area (Å²) in [4.78, 5) is 2.43. The van der Waals surface area contributed by atoms with E-state index in [0.29, 0.717) is 6.04 Å². The average Bonchev–Trinajstić information content (AvgIpc) is 2.34. The molecule has 1 aromatic rings. The first-order valence-corrected chi connectivity index (χ1v) is 7.10. The number of nitrogens with zero attached hydrogens (tertiary/aromatic N) is 1. The Kier molecular flexibility index (Phi) is 6.99. The summed E-state index contributed by atoms with van der Waals surface area (Å²) in [6.07, 6.45) is 1.17. The normalized spacial score (nSPS) is 13.2. The molecule has 0 saturated carbocycles. The quantitative estimate of drug-likeness (QED) is 0.759. The van der Waals surface area contributed by atoms with Crippen LogP contribution in [0.5, 0.6) is 0 Å². The second-order valence-corrected chi connectivity index (χ2v) is 5.47. The highest BCUT2D eigenvalue weighted by molar-refractivity contribution is 5.18. The number of rotatable bonds is 8. The van der Waals surface area contributed by atoms with Crippen LogP contribution in [0.2, 0.25) is 0 Å². The van der Waals surface area contributed by atoms with Gasteiger partial charge in [-0.05, 0) is 38.0 Å². The first kappa shape index (κ1) is 15.2. The van der Waals surface area contributed by atoms with Crippen molar-refractivity contribution in [2.45, 2.75) is 33.2 Å². The monoisotopic (exact) mass is 248 g/mol. The van der Waals surface area contributed by atoms with Crippen molar-refractivity contribution in [3.63, 3.8) is 0 Å². The molecule has 0 aliphatic carbocycles. The second kappa shape index (κ2) is 8.28. The predicted octanol–water partition coefficient (Wildman–Crippen LogP) is 3.32. The van der Waals surface area contributed by atoms with E-state index in [2.05, 4.69) is 68.4 Å². The lowest BCUT2D eigenvalue weighted by molar-refractivity contribution is 0.277. The summed E-state index contributed by atoms with van der Waals surface area (Å²) in [5, 5.41) is 3.58. The third kappa shape index (κ3) is 5.65. The van der Waals surface area contributed by atoms with E-state index in [1.165, 1.54) is 18.5 Å². The summed E-state index contributed by atoms with van der Waals surface area (Å²) >= 11 is 0. The molecular formula is C16H28N2. The van der Waals surface area contributed by atoms with Crippen LogP contribution in [0.1, 0.15) is 38.8 Å². The smallest absolute Gasteiger partial charge is 0.0332 e. The fraction of sp³-hybridized carbons (Fsp3) is 0.625. The van der Waals surface area contributed by atoms with Crippen molar-refractivity contribution < 1.29 is 0 Å². The van der Waals surface area contributed by atoms with Gasteiger partial charge in [0, 0.05) is 12.6 Å². The van der Waals surface area contributed by atoms with E-state index in [1.807, 2.05) is 0 Å². The van der Waals surface area contributed by atoms with Crippen molar-refractivity contribution in [2.75, 3.05) is 26.7 Å². The van der Waals surface area contributed by atoms with Crippen LogP contribution in [0.25, 0.3) is 0 Å². The fourth-order valence-corrected chi connectivity index (χ4v) is 2.38. The summed E-state index contributed by atoms with van der Waals surface area (Å²) in [7, 11) is 2.22. The zero-order valence-electron chi connectivity index (χ0n) is 12.3. The molecule has 1 aromatic carbocycles. The van der Waals surface area contributed by atoms with E-state index >= 15 is 0 Å². The summed E-state index contributed by atoms with van der Waals surface area (Å²) in [5.41, 5.74) is 1.40. The molecule has 1 rings (SSSR count). The average molecular weight is 248 g/mol. The van der Waals surface area contributed by atoms with Crippen molar-refractivity contribution in [3.8, 4) is 0 Å². The van der Waals surface area contributed by atoms with Gasteiger partial charge in [0.1, 0.15) is 0 Å². The van der Waals surface area contributed by atoms with Crippen molar-refractivity contribution in [2.24, 2.45) is 5.92 Å². The third-order valence-corrected chi connectivity index (χ3v) is 3.13. The highest BCUT2D eigenvalue weighted by Crippen LogP contribution is 2.16. The Morgan fingerprint density at radius 1 is 1.17 bits per heavy atom. The number of hydrogen-bond acceptors (Lipinski definition) is 2.